The molecule has 3 atom stereocenters. The van der Waals surface area contributed by atoms with E-state index in [4.69, 9.17) is 21.1 Å². The minimum absolute atomic E-state index is 0.195. The topological polar surface area (TPSA) is 59.3 Å². The van der Waals surface area contributed by atoms with Crippen LogP contribution in [0, 0.1) is 23.2 Å². The van der Waals surface area contributed by atoms with Gasteiger partial charge in [0.05, 0.1) is 5.92 Å². The van der Waals surface area contributed by atoms with E-state index in [9.17, 15) is 23.2 Å². The second-order valence-corrected chi connectivity index (χ2v) is 6.86. The predicted octanol–water partition coefficient (Wildman–Crippen LogP) is 5.91. The van der Waals surface area contributed by atoms with E-state index in [-0.39, 0.29) is 6.42 Å². The maximum absolute atomic E-state index is 12.5. The molecule has 1 saturated carbocycles. The molecule has 1 aliphatic rings. The van der Waals surface area contributed by atoms with Crippen molar-refractivity contribution in [2.24, 2.45) is 11.8 Å². The summed E-state index contributed by atoms with van der Waals surface area (Å²) in [7, 11) is 0. The van der Waals surface area contributed by atoms with E-state index in [1.165, 1.54) is 0 Å². The number of carbonyl (C=O) groups excluding carboxylic acids is 1. The number of allylic oxidation sites excluding steroid dienone is 2. The van der Waals surface area contributed by atoms with E-state index >= 15 is 0 Å². The number of halogens is 4. The van der Waals surface area contributed by atoms with Crippen LogP contribution in [-0.4, -0.2) is 12.1 Å². The van der Waals surface area contributed by atoms with Crippen LogP contribution >= 0.6 is 11.6 Å². The van der Waals surface area contributed by atoms with Crippen LogP contribution in [0.15, 0.2) is 65.7 Å². The van der Waals surface area contributed by atoms with Crippen molar-refractivity contribution in [3.05, 3.63) is 71.3 Å². The number of ether oxygens (including phenoxy) is 2. The van der Waals surface area contributed by atoms with Gasteiger partial charge in [0.2, 0.25) is 6.10 Å². The molecule has 2 aromatic carbocycles. The third-order valence-electron chi connectivity index (χ3n) is 4.26. The van der Waals surface area contributed by atoms with Crippen molar-refractivity contribution in [3.8, 4) is 17.6 Å². The Labute approximate surface area is 170 Å². The highest BCUT2D eigenvalue weighted by atomic mass is 35.5. The second kappa shape index (κ2) is 8.58. The first-order valence-electron chi connectivity index (χ1n) is 8.65. The number of rotatable bonds is 6. The van der Waals surface area contributed by atoms with Gasteiger partial charge in [0.15, 0.2) is 0 Å². The van der Waals surface area contributed by atoms with Crippen LogP contribution in [0.2, 0.25) is 0 Å². The molecule has 0 aliphatic heterocycles. The van der Waals surface area contributed by atoms with E-state index in [0.29, 0.717) is 17.1 Å². The zero-order valence-electron chi connectivity index (χ0n) is 14.9. The Morgan fingerprint density at radius 3 is 2.52 bits per heavy atom. The van der Waals surface area contributed by atoms with Crippen LogP contribution in [0.3, 0.4) is 0 Å². The van der Waals surface area contributed by atoms with Crippen molar-refractivity contribution >= 4 is 17.6 Å². The molecule has 150 valence electrons. The number of nitrogens with zero attached hydrogens (tertiary/aromatic N) is 1. The highest BCUT2D eigenvalue weighted by Gasteiger charge is 2.46. The summed E-state index contributed by atoms with van der Waals surface area (Å²) in [5, 5.41) is 8.12. The van der Waals surface area contributed by atoms with Gasteiger partial charge in [-0.3, -0.25) is 4.79 Å². The smallest absolute Gasteiger partial charge is 0.426 e. The summed E-state index contributed by atoms with van der Waals surface area (Å²) < 4.78 is 48.3. The number of hydrogen-bond donors (Lipinski definition) is 0. The molecule has 29 heavy (non-hydrogen) atoms. The van der Waals surface area contributed by atoms with Crippen LogP contribution in [0.1, 0.15) is 18.1 Å². The van der Waals surface area contributed by atoms with Gasteiger partial charge in [-0.05, 0) is 36.6 Å². The monoisotopic (exact) mass is 421 g/mol. The summed E-state index contributed by atoms with van der Waals surface area (Å²) in [5.41, 5.74) is 0.398. The highest BCUT2D eigenvalue weighted by Crippen LogP contribution is 2.44. The molecule has 0 spiro atoms. The molecule has 4 nitrogen and oxygen atoms in total. The Kier molecular flexibility index (Phi) is 6.14. The van der Waals surface area contributed by atoms with Gasteiger partial charge in [0, 0.05) is 5.56 Å². The summed E-state index contributed by atoms with van der Waals surface area (Å²) in [6.45, 7) is 0. The van der Waals surface area contributed by atoms with Gasteiger partial charge in [-0.2, -0.15) is 18.4 Å². The maximum atomic E-state index is 12.5. The first kappa shape index (κ1) is 20.7. The van der Waals surface area contributed by atoms with Crippen LogP contribution in [-0.2, 0) is 9.53 Å². The third kappa shape index (κ3) is 5.52. The van der Waals surface area contributed by atoms with Crippen molar-refractivity contribution in [2.75, 3.05) is 0 Å². The summed E-state index contributed by atoms with van der Waals surface area (Å²) in [6, 6.07) is 17.4. The lowest BCUT2D eigenvalue weighted by Crippen LogP contribution is -2.13. The van der Waals surface area contributed by atoms with Gasteiger partial charge in [-0.1, -0.05) is 48.0 Å². The molecule has 0 radical (unpaired) electrons. The molecule has 0 aromatic heterocycles. The van der Waals surface area contributed by atoms with Gasteiger partial charge in [-0.15, -0.1) is 0 Å². The molecule has 8 heteroatoms. The Bertz CT molecular complexity index is 954. The molecule has 0 bridgehead atoms. The molecular weight excluding hydrogens is 407 g/mol. The molecule has 0 heterocycles. The van der Waals surface area contributed by atoms with Crippen LogP contribution in [0.25, 0.3) is 0 Å². The highest BCUT2D eigenvalue weighted by molar-refractivity contribution is 6.30. The molecule has 0 N–H and O–H groups in total. The molecule has 0 amide bonds. The van der Waals surface area contributed by atoms with Crippen molar-refractivity contribution in [3.63, 3.8) is 0 Å². The Morgan fingerprint density at radius 2 is 1.86 bits per heavy atom. The van der Waals surface area contributed by atoms with E-state index < -0.39 is 35.1 Å². The molecule has 1 fully saturated rings. The van der Waals surface area contributed by atoms with Crippen molar-refractivity contribution in [2.45, 2.75) is 18.7 Å². The lowest BCUT2D eigenvalue weighted by atomic mass is 10.1. The lowest BCUT2D eigenvalue weighted by molar-refractivity contribution is -0.148. The van der Waals surface area contributed by atoms with Crippen LogP contribution in [0.4, 0.5) is 13.2 Å². The Balaban J connectivity index is 1.64. The lowest BCUT2D eigenvalue weighted by Gasteiger charge is -2.13. The SMILES string of the molecule is N#CC(OC(=O)C1CC1C=C(Cl)C(F)(F)F)c1cccc(Oc2ccccc2)c1. The quantitative estimate of drug-likeness (QED) is 0.544. The summed E-state index contributed by atoms with van der Waals surface area (Å²) >= 11 is 5.19. The molecule has 0 saturated heterocycles. The summed E-state index contributed by atoms with van der Waals surface area (Å²) in [5.74, 6) is -1.08. The minimum Gasteiger partial charge on any atom is -0.457 e. The van der Waals surface area contributed by atoms with Gasteiger partial charge in [0.1, 0.15) is 22.6 Å². The van der Waals surface area contributed by atoms with Crippen molar-refractivity contribution < 1.29 is 27.4 Å². The number of hydrogen-bond acceptors (Lipinski definition) is 4. The second-order valence-electron chi connectivity index (χ2n) is 6.45. The summed E-state index contributed by atoms with van der Waals surface area (Å²) in [6.07, 6.45) is -4.85. The van der Waals surface area contributed by atoms with Gasteiger partial charge < -0.3 is 9.47 Å². The van der Waals surface area contributed by atoms with Gasteiger partial charge >= 0.3 is 12.1 Å². The van der Waals surface area contributed by atoms with E-state index in [0.717, 1.165) is 6.08 Å². The fourth-order valence-corrected chi connectivity index (χ4v) is 2.85. The van der Waals surface area contributed by atoms with Crippen LogP contribution < -0.4 is 4.74 Å². The zero-order chi connectivity index (χ0) is 21.0. The normalized spacial score (nSPS) is 19.8. The van der Waals surface area contributed by atoms with E-state index in [2.05, 4.69) is 0 Å². The number of nitriles is 1. The number of benzene rings is 2. The third-order valence-corrected chi connectivity index (χ3v) is 4.61. The number of para-hydroxylation sites is 1. The predicted molar refractivity (Wildman–Crippen MR) is 99.0 cm³/mol. The average molecular weight is 422 g/mol. The molecule has 2 aromatic rings. The first-order chi connectivity index (χ1) is 13.8. The zero-order valence-corrected chi connectivity index (χ0v) is 15.7. The standard InChI is InChI=1S/C21H15ClF3NO3/c22-19(21(23,24)25)11-14-10-17(14)20(27)29-18(12-26)13-5-4-8-16(9-13)28-15-6-2-1-3-7-15/h1-9,11,14,17-18H,10H2. The number of alkyl halides is 3. The Morgan fingerprint density at radius 1 is 1.17 bits per heavy atom. The summed E-state index contributed by atoms with van der Waals surface area (Å²) in [4.78, 5) is 12.2. The molecule has 3 rings (SSSR count). The molecule has 1 aliphatic carbocycles. The molecule has 3 unspecified atom stereocenters. The number of carbonyl (C=O) groups is 1. The maximum Gasteiger partial charge on any atom is 0.426 e. The fourth-order valence-electron chi connectivity index (χ4n) is 2.69. The van der Waals surface area contributed by atoms with E-state index in [1.54, 1.807) is 36.4 Å². The Hall–Kier alpha value is -2.98. The fraction of sp³-hybridized carbons (Fsp3) is 0.238. The van der Waals surface area contributed by atoms with Crippen LogP contribution in [0.5, 0.6) is 11.5 Å². The minimum atomic E-state index is -4.65. The van der Waals surface area contributed by atoms with Gasteiger partial charge in [0.25, 0.3) is 0 Å². The largest absolute Gasteiger partial charge is 0.457 e. The van der Waals surface area contributed by atoms with Crippen molar-refractivity contribution in [1.82, 2.24) is 0 Å². The number of esters is 1. The van der Waals surface area contributed by atoms with E-state index in [1.807, 2.05) is 24.3 Å². The first-order valence-corrected chi connectivity index (χ1v) is 9.03. The molecular formula is C21H15ClF3NO3. The van der Waals surface area contributed by atoms with Gasteiger partial charge in [-0.25, -0.2) is 0 Å². The van der Waals surface area contributed by atoms with Crippen molar-refractivity contribution in [1.29, 1.82) is 5.26 Å². The average Bonchev–Trinajstić information content (AvgIpc) is 3.45.